The minimum atomic E-state index is -0.246. The summed E-state index contributed by atoms with van der Waals surface area (Å²) in [7, 11) is 0. The number of pyridine rings is 1. The van der Waals surface area contributed by atoms with Crippen molar-refractivity contribution in [3.8, 4) is 0 Å². The molecule has 0 saturated carbocycles. The maximum atomic E-state index is 12.7. The summed E-state index contributed by atoms with van der Waals surface area (Å²) in [6.45, 7) is 0. The second-order valence-electron chi connectivity index (χ2n) is 5.08. The number of rotatable bonds is 4. The number of amides is 1. The predicted molar refractivity (Wildman–Crippen MR) is 94.1 cm³/mol. The molecule has 2 aromatic carbocycles. The third-order valence-electron chi connectivity index (χ3n) is 3.54. The lowest BCUT2D eigenvalue weighted by atomic mass is 9.99. The number of nitrogens with one attached hydrogen (secondary N) is 1. The number of hydrogen-bond donors (Lipinski definition) is 1. The van der Waals surface area contributed by atoms with Crippen molar-refractivity contribution in [1.82, 2.24) is 10.3 Å². The number of carbonyl (C=O) groups is 1. The van der Waals surface area contributed by atoms with Crippen LogP contribution in [0.15, 0.2) is 83.6 Å². The van der Waals surface area contributed by atoms with Gasteiger partial charge >= 0.3 is 0 Å². The molecule has 0 unspecified atom stereocenters. The van der Waals surface area contributed by atoms with Gasteiger partial charge in [0.15, 0.2) is 0 Å². The molecule has 3 aromatic rings. The summed E-state index contributed by atoms with van der Waals surface area (Å²) in [4.78, 5) is 16.8. The van der Waals surface area contributed by atoms with Crippen LogP contribution in [0, 0.1) is 0 Å². The van der Waals surface area contributed by atoms with Crippen LogP contribution in [0.1, 0.15) is 27.5 Å². The van der Waals surface area contributed by atoms with Crippen LogP contribution < -0.4 is 5.32 Å². The second kappa shape index (κ2) is 7.20. The molecule has 0 aliphatic carbocycles. The van der Waals surface area contributed by atoms with Gasteiger partial charge < -0.3 is 5.32 Å². The Morgan fingerprint density at radius 2 is 1.61 bits per heavy atom. The zero-order valence-corrected chi connectivity index (χ0v) is 13.9. The average molecular weight is 367 g/mol. The lowest BCUT2D eigenvalue weighted by Gasteiger charge is -2.20. The van der Waals surface area contributed by atoms with Gasteiger partial charge in [-0.1, -0.05) is 48.5 Å². The fourth-order valence-corrected chi connectivity index (χ4v) is 2.87. The van der Waals surface area contributed by atoms with Crippen LogP contribution in [0.2, 0.25) is 0 Å². The lowest BCUT2D eigenvalue weighted by Crippen LogP contribution is -2.29. The van der Waals surface area contributed by atoms with Crippen molar-refractivity contribution in [3.05, 3.63) is 100 Å². The van der Waals surface area contributed by atoms with Crippen LogP contribution in [0.25, 0.3) is 0 Å². The number of benzene rings is 2. The summed E-state index contributed by atoms with van der Waals surface area (Å²) >= 11 is 3.43. The molecule has 23 heavy (non-hydrogen) atoms. The van der Waals surface area contributed by atoms with E-state index in [9.17, 15) is 4.79 Å². The molecular weight excluding hydrogens is 352 g/mol. The highest BCUT2D eigenvalue weighted by molar-refractivity contribution is 9.10. The van der Waals surface area contributed by atoms with Crippen LogP contribution in [-0.4, -0.2) is 10.9 Å². The molecule has 3 rings (SSSR count). The molecule has 1 aromatic heterocycles. The third kappa shape index (κ3) is 3.66. The molecule has 114 valence electrons. The molecule has 1 heterocycles. The summed E-state index contributed by atoms with van der Waals surface area (Å²) in [6.07, 6.45) is 3.50. The molecule has 0 saturated heterocycles. The van der Waals surface area contributed by atoms with E-state index in [0.717, 1.165) is 15.6 Å². The molecule has 0 spiro atoms. The molecule has 1 N–H and O–H groups in total. The molecule has 0 bridgehead atoms. The number of halogens is 1. The van der Waals surface area contributed by atoms with Crippen LogP contribution in [0.3, 0.4) is 0 Å². The van der Waals surface area contributed by atoms with Crippen molar-refractivity contribution in [2.45, 2.75) is 6.04 Å². The quantitative estimate of drug-likeness (QED) is 0.744. The normalized spacial score (nSPS) is 11.7. The molecular formula is C19H15BrN2O. The minimum absolute atomic E-state index is 0.129. The average Bonchev–Trinajstić information content (AvgIpc) is 2.61. The van der Waals surface area contributed by atoms with E-state index in [1.165, 1.54) is 0 Å². The van der Waals surface area contributed by atoms with E-state index >= 15 is 0 Å². The Labute approximate surface area is 143 Å². The van der Waals surface area contributed by atoms with Gasteiger partial charge in [-0.2, -0.15) is 0 Å². The summed E-state index contributed by atoms with van der Waals surface area (Å²) in [5.41, 5.74) is 2.57. The molecule has 0 radical (unpaired) electrons. The second-order valence-corrected chi connectivity index (χ2v) is 5.94. The standard InChI is InChI=1S/C19H15BrN2O/c20-17-11-5-4-10-16(17)19(23)22-18(14-7-2-1-3-8-14)15-9-6-12-21-13-15/h1-13,18H,(H,22,23)/t18-/m1/s1. The zero-order chi connectivity index (χ0) is 16.1. The van der Waals surface area contributed by atoms with Crippen molar-refractivity contribution in [3.63, 3.8) is 0 Å². The van der Waals surface area contributed by atoms with Crippen LogP contribution in [-0.2, 0) is 0 Å². The number of aromatic nitrogens is 1. The lowest BCUT2D eigenvalue weighted by molar-refractivity contribution is 0.0942. The van der Waals surface area contributed by atoms with Crippen molar-refractivity contribution in [2.24, 2.45) is 0 Å². The fourth-order valence-electron chi connectivity index (χ4n) is 2.41. The zero-order valence-electron chi connectivity index (χ0n) is 12.3. The van der Waals surface area contributed by atoms with Gasteiger partial charge in [0.1, 0.15) is 0 Å². The Bertz CT molecular complexity index is 751. The van der Waals surface area contributed by atoms with Crippen LogP contribution in [0.4, 0.5) is 0 Å². The van der Waals surface area contributed by atoms with Crippen molar-refractivity contribution in [1.29, 1.82) is 0 Å². The van der Waals surface area contributed by atoms with Crippen LogP contribution in [0.5, 0.6) is 0 Å². The highest BCUT2D eigenvalue weighted by Gasteiger charge is 2.19. The van der Waals surface area contributed by atoms with E-state index in [1.54, 1.807) is 18.5 Å². The largest absolute Gasteiger partial charge is 0.341 e. The number of hydrogen-bond acceptors (Lipinski definition) is 2. The third-order valence-corrected chi connectivity index (χ3v) is 4.24. The molecule has 3 nitrogen and oxygen atoms in total. The van der Waals surface area contributed by atoms with Crippen molar-refractivity contribution < 1.29 is 4.79 Å². The van der Waals surface area contributed by atoms with E-state index in [1.807, 2.05) is 60.7 Å². The van der Waals surface area contributed by atoms with E-state index in [2.05, 4.69) is 26.2 Å². The number of carbonyl (C=O) groups excluding carboxylic acids is 1. The van der Waals surface area contributed by atoms with E-state index in [0.29, 0.717) is 5.56 Å². The highest BCUT2D eigenvalue weighted by atomic mass is 79.9. The Hall–Kier alpha value is -2.46. The Morgan fingerprint density at radius 3 is 2.30 bits per heavy atom. The van der Waals surface area contributed by atoms with Gasteiger partial charge in [-0.15, -0.1) is 0 Å². The Morgan fingerprint density at radius 1 is 0.913 bits per heavy atom. The molecule has 1 atom stereocenters. The van der Waals surface area contributed by atoms with Crippen LogP contribution >= 0.6 is 15.9 Å². The monoisotopic (exact) mass is 366 g/mol. The van der Waals surface area contributed by atoms with E-state index in [4.69, 9.17) is 0 Å². The summed E-state index contributed by atoms with van der Waals surface area (Å²) < 4.78 is 0.774. The van der Waals surface area contributed by atoms with Gasteiger partial charge in [0.25, 0.3) is 5.91 Å². The highest BCUT2D eigenvalue weighted by Crippen LogP contribution is 2.23. The number of nitrogens with zero attached hydrogens (tertiary/aromatic N) is 1. The molecule has 1 amide bonds. The smallest absolute Gasteiger partial charge is 0.253 e. The first-order valence-electron chi connectivity index (χ1n) is 7.26. The summed E-state index contributed by atoms with van der Waals surface area (Å²) in [6, 6.07) is 20.9. The minimum Gasteiger partial charge on any atom is -0.341 e. The molecule has 0 aliphatic rings. The molecule has 4 heteroatoms. The van der Waals surface area contributed by atoms with Gasteiger partial charge in [0.2, 0.25) is 0 Å². The molecule has 0 aliphatic heterocycles. The Balaban J connectivity index is 1.94. The first-order chi connectivity index (χ1) is 11.3. The molecule has 0 fully saturated rings. The SMILES string of the molecule is O=C(N[C@H](c1ccccc1)c1cccnc1)c1ccccc1Br. The van der Waals surface area contributed by atoms with E-state index in [-0.39, 0.29) is 11.9 Å². The van der Waals surface area contributed by atoms with Gasteiger partial charge in [-0.25, -0.2) is 0 Å². The first kappa shape index (κ1) is 15.4. The van der Waals surface area contributed by atoms with Gasteiger partial charge in [-0.3, -0.25) is 9.78 Å². The fraction of sp³-hybridized carbons (Fsp3) is 0.0526. The van der Waals surface area contributed by atoms with Gasteiger partial charge in [0, 0.05) is 16.9 Å². The van der Waals surface area contributed by atoms with Crippen molar-refractivity contribution in [2.75, 3.05) is 0 Å². The Kier molecular flexibility index (Phi) is 4.83. The summed E-state index contributed by atoms with van der Waals surface area (Å²) in [5, 5.41) is 3.10. The maximum Gasteiger partial charge on any atom is 0.253 e. The van der Waals surface area contributed by atoms with Gasteiger partial charge in [-0.05, 0) is 45.3 Å². The summed E-state index contributed by atoms with van der Waals surface area (Å²) in [5.74, 6) is -0.129. The predicted octanol–water partition coefficient (Wildman–Crippen LogP) is 4.36. The first-order valence-corrected chi connectivity index (χ1v) is 8.05. The van der Waals surface area contributed by atoms with Gasteiger partial charge in [0.05, 0.1) is 11.6 Å². The van der Waals surface area contributed by atoms with E-state index < -0.39 is 0 Å². The van der Waals surface area contributed by atoms with Crippen molar-refractivity contribution >= 4 is 21.8 Å². The maximum absolute atomic E-state index is 12.7. The topological polar surface area (TPSA) is 42.0 Å².